The van der Waals surface area contributed by atoms with Crippen LogP contribution in [0, 0.1) is 6.92 Å². The van der Waals surface area contributed by atoms with Crippen molar-refractivity contribution in [2.45, 2.75) is 6.92 Å². The summed E-state index contributed by atoms with van der Waals surface area (Å²) in [4.78, 5) is 0. The molecule has 1 radical (unpaired) electrons. The highest BCUT2D eigenvalue weighted by molar-refractivity contribution is 6.46. The lowest BCUT2D eigenvalue weighted by Crippen LogP contribution is -2.20. The van der Waals surface area contributed by atoms with Gasteiger partial charge < -0.3 is 9.97 Å². The van der Waals surface area contributed by atoms with E-state index in [9.17, 15) is 0 Å². The Morgan fingerprint density at radius 2 is 1.72 bits per heavy atom. The highest BCUT2D eigenvalue weighted by Crippen LogP contribution is 2.03. The van der Waals surface area contributed by atoms with Crippen LogP contribution >= 0.6 is 0 Å². The molecule has 0 aromatic heterocycles. The van der Waals surface area contributed by atoms with E-state index in [1.165, 1.54) is 5.56 Å². The molecule has 0 heterocycles. The topological polar surface area (TPSA) is 21.3 Å². The van der Waals surface area contributed by atoms with Crippen molar-refractivity contribution in [3.8, 4) is 0 Å². The summed E-state index contributed by atoms with van der Waals surface area (Å²) in [5, 5.41) is 3.30. The minimum absolute atomic E-state index is 0.656. The van der Waals surface area contributed by atoms with E-state index in [1.54, 1.807) is 7.48 Å². The SMILES string of the molecule is Cc1ccc([B]OCCNc2ccccc2)cc1. The Morgan fingerprint density at radius 3 is 2.44 bits per heavy atom. The van der Waals surface area contributed by atoms with Gasteiger partial charge in [0.1, 0.15) is 0 Å². The Bertz CT molecular complexity index is 456. The summed E-state index contributed by atoms with van der Waals surface area (Å²) in [6.07, 6.45) is 0. The van der Waals surface area contributed by atoms with Crippen LogP contribution < -0.4 is 10.8 Å². The predicted octanol–water partition coefficient (Wildman–Crippen LogP) is 2.37. The van der Waals surface area contributed by atoms with Crippen LogP contribution in [0.15, 0.2) is 54.6 Å². The lowest BCUT2D eigenvalue weighted by molar-refractivity contribution is 0.359. The number of para-hydroxylation sites is 1. The van der Waals surface area contributed by atoms with Crippen LogP contribution in [0.5, 0.6) is 0 Å². The van der Waals surface area contributed by atoms with Gasteiger partial charge in [0.05, 0.1) is 0 Å². The van der Waals surface area contributed by atoms with E-state index in [4.69, 9.17) is 4.65 Å². The average Bonchev–Trinajstić information content (AvgIpc) is 2.42. The van der Waals surface area contributed by atoms with E-state index in [0.29, 0.717) is 6.61 Å². The highest BCUT2D eigenvalue weighted by atomic mass is 16.4. The van der Waals surface area contributed by atoms with Crippen molar-refractivity contribution >= 4 is 18.6 Å². The Kier molecular flexibility index (Phi) is 4.85. The molecule has 2 rings (SSSR count). The summed E-state index contributed by atoms with van der Waals surface area (Å²) in [6.45, 7) is 3.53. The summed E-state index contributed by atoms with van der Waals surface area (Å²) in [5.41, 5.74) is 3.48. The first-order chi connectivity index (χ1) is 8.84. The van der Waals surface area contributed by atoms with Crippen molar-refractivity contribution in [1.82, 2.24) is 0 Å². The van der Waals surface area contributed by atoms with E-state index < -0.39 is 0 Å². The fourth-order valence-corrected chi connectivity index (χ4v) is 1.61. The number of benzene rings is 2. The van der Waals surface area contributed by atoms with Crippen LogP contribution in [0.3, 0.4) is 0 Å². The molecule has 0 atom stereocenters. The molecule has 2 nitrogen and oxygen atoms in total. The molecule has 2 aromatic rings. The molecule has 2 aromatic carbocycles. The van der Waals surface area contributed by atoms with Gasteiger partial charge in [-0.25, -0.2) is 0 Å². The molecule has 0 amide bonds. The maximum absolute atomic E-state index is 5.49. The van der Waals surface area contributed by atoms with Gasteiger partial charge in [-0.2, -0.15) is 0 Å². The predicted molar refractivity (Wildman–Crippen MR) is 77.5 cm³/mol. The lowest BCUT2D eigenvalue weighted by Gasteiger charge is -2.06. The number of hydrogen-bond acceptors (Lipinski definition) is 2. The van der Waals surface area contributed by atoms with Gasteiger partial charge >= 0.3 is 7.48 Å². The number of nitrogens with one attached hydrogen (secondary N) is 1. The van der Waals surface area contributed by atoms with Crippen LogP contribution in [-0.4, -0.2) is 20.6 Å². The smallest absolute Gasteiger partial charge is 0.330 e. The van der Waals surface area contributed by atoms with Crippen molar-refractivity contribution in [2.24, 2.45) is 0 Å². The summed E-state index contributed by atoms with van der Waals surface area (Å²) in [6, 6.07) is 18.4. The van der Waals surface area contributed by atoms with Gasteiger partial charge in [-0.3, -0.25) is 0 Å². The Hall–Kier alpha value is -1.74. The van der Waals surface area contributed by atoms with E-state index in [1.807, 2.05) is 30.3 Å². The fourth-order valence-electron chi connectivity index (χ4n) is 1.61. The van der Waals surface area contributed by atoms with Gasteiger partial charge in [0.15, 0.2) is 0 Å². The standard InChI is InChI=1S/C15H17BNO/c1-13-7-9-14(10-8-13)16-18-12-11-17-15-5-3-2-4-6-15/h2-10,17H,11-12H2,1H3. The van der Waals surface area contributed by atoms with Crippen molar-refractivity contribution in [2.75, 3.05) is 18.5 Å². The molecule has 0 spiro atoms. The van der Waals surface area contributed by atoms with E-state index in [2.05, 4.69) is 36.5 Å². The van der Waals surface area contributed by atoms with E-state index >= 15 is 0 Å². The second-order valence-corrected chi connectivity index (χ2v) is 4.19. The molecule has 0 unspecified atom stereocenters. The third-order valence-electron chi connectivity index (χ3n) is 2.62. The number of aryl methyl sites for hydroxylation is 1. The Labute approximate surface area is 109 Å². The van der Waals surface area contributed by atoms with Crippen LogP contribution in [0.25, 0.3) is 0 Å². The van der Waals surface area contributed by atoms with Crippen molar-refractivity contribution in [3.63, 3.8) is 0 Å². The molecule has 0 saturated heterocycles. The zero-order valence-electron chi connectivity index (χ0n) is 10.6. The monoisotopic (exact) mass is 238 g/mol. The summed E-state index contributed by atoms with van der Waals surface area (Å²) >= 11 is 0. The first-order valence-corrected chi connectivity index (χ1v) is 6.15. The molecule has 91 valence electrons. The first kappa shape index (κ1) is 12.7. The largest absolute Gasteiger partial charge is 0.432 e. The van der Waals surface area contributed by atoms with Gasteiger partial charge in [-0.05, 0) is 19.1 Å². The fraction of sp³-hybridized carbons (Fsp3) is 0.200. The normalized spacial score (nSPS) is 10.1. The Balaban J connectivity index is 1.63. The quantitative estimate of drug-likeness (QED) is 0.616. The van der Waals surface area contributed by atoms with Crippen LogP contribution in [-0.2, 0) is 4.65 Å². The third-order valence-corrected chi connectivity index (χ3v) is 2.62. The molecule has 18 heavy (non-hydrogen) atoms. The number of hydrogen-bond donors (Lipinski definition) is 1. The maximum atomic E-state index is 5.49. The molecular formula is C15H17BNO. The van der Waals surface area contributed by atoms with Gasteiger partial charge in [0, 0.05) is 18.8 Å². The maximum Gasteiger partial charge on any atom is 0.330 e. The van der Waals surface area contributed by atoms with Gasteiger partial charge in [-0.15, -0.1) is 0 Å². The summed E-state index contributed by atoms with van der Waals surface area (Å²) in [5.74, 6) is 0. The molecule has 0 fully saturated rings. The average molecular weight is 238 g/mol. The van der Waals surface area contributed by atoms with Crippen molar-refractivity contribution in [3.05, 3.63) is 60.2 Å². The Morgan fingerprint density at radius 1 is 1.00 bits per heavy atom. The summed E-state index contributed by atoms with van der Waals surface area (Å²) < 4.78 is 5.49. The van der Waals surface area contributed by atoms with Crippen LogP contribution in [0.1, 0.15) is 5.56 Å². The molecule has 0 bridgehead atoms. The first-order valence-electron chi connectivity index (χ1n) is 6.15. The molecule has 1 N–H and O–H groups in total. The molecule has 0 saturated carbocycles. The van der Waals surface area contributed by atoms with Crippen molar-refractivity contribution < 1.29 is 4.65 Å². The molecule has 3 heteroatoms. The van der Waals surface area contributed by atoms with Crippen molar-refractivity contribution in [1.29, 1.82) is 0 Å². The van der Waals surface area contributed by atoms with Gasteiger partial charge in [-0.1, -0.05) is 53.5 Å². The van der Waals surface area contributed by atoms with E-state index in [0.717, 1.165) is 17.7 Å². The second kappa shape index (κ2) is 6.87. The van der Waals surface area contributed by atoms with E-state index in [-0.39, 0.29) is 0 Å². The second-order valence-electron chi connectivity index (χ2n) is 4.19. The zero-order chi connectivity index (χ0) is 12.6. The minimum atomic E-state index is 0.656. The van der Waals surface area contributed by atoms with Crippen LogP contribution in [0.4, 0.5) is 5.69 Å². The minimum Gasteiger partial charge on any atom is -0.432 e. The molecule has 0 aliphatic heterocycles. The highest BCUT2D eigenvalue weighted by Gasteiger charge is 1.96. The summed E-state index contributed by atoms with van der Waals surface area (Å²) in [7, 11) is 1.80. The molecular weight excluding hydrogens is 221 g/mol. The van der Waals surface area contributed by atoms with Gasteiger partial charge in [0.2, 0.25) is 0 Å². The molecule has 0 aliphatic rings. The zero-order valence-corrected chi connectivity index (χ0v) is 10.6. The third kappa shape index (κ3) is 4.26. The van der Waals surface area contributed by atoms with Gasteiger partial charge in [0.25, 0.3) is 0 Å². The van der Waals surface area contributed by atoms with Crippen LogP contribution in [0.2, 0.25) is 0 Å². The molecule has 0 aliphatic carbocycles. The number of anilines is 1. The number of rotatable bonds is 6. The lowest BCUT2D eigenvalue weighted by atomic mass is 9.88.